The summed E-state index contributed by atoms with van der Waals surface area (Å²) >= 11 is 0. The molecule has 2 unspecified atom stereocenters. The van der Waals surface area contributed by atoms with Gasteiger partial charge in [0.1, 0.15) is 11.9 Å². The molecular formula is C25H28O6. The SMILES string of the molecule is CCC(=O)C1=CCC(OCc2cccc(C(O)c3cccc(C(O)O)c3)c2)C(C)=C1O. The van der Waals surface area contributed by atoms with E-state index < -0.39 is 12.4 Å². The van der Waals surface area contributed by atoms with E-state index in [2.05, 4.69) is 0 Å². The molecule has 2 atom stereocenters. The fourth-order valence-corrected chi connectivity index (χ4v) is 3.62. The lowest BCUT2D eigenvalue weighted by atomic mass is 9.92. The van der Waals surface area contributed by atoms with Gasteiger partial charge in [0.15, 0.2) is 12.1 Å². The predicted octanol–water partition coefficient (Wildman–Crippen LogP) is 3.78. The van der Waals surface area contributed by atoms with Crippen molar-refractivity contribution in [2.75, 3.05) is 0 Å². The summed E-state index contributed by atoms with van der Waals surface area (Å²) < 4.78 is 5.98. The lowest BCUT2D eigenvalue weighted by Crippen LogP contribution is -2.21. The fraction of sp³-hybridized carbons (Fsp3) is 0.320. The van der Waals surface area contributed by atoms with E-state index in [0.717, 1.165) is 5.56 Å². The molecule has 2 aromatic carbocycles. The highest BCUT2D eigenvalue weighted by Crippen LogP contribution is 2.29. The standard InChI is InChI=1S/C25H28O6/c1-3-21(26)20-10-11-22(15(2)23(20)27)31-14-16-6-4-7-17(12-16)24(28)18-8-5-9-19(13-18)25(29)30/h4-10,12-13,22,24-25,27-30H,3,11,14H2,1-2H3. The second-order valence-electron chi connectivity index (χ2n) is 7.65. The number of hydrogen-bond donors (Lipinski definition) is 4. The van der Waals surface area contributed by atoms with Crippen LogP contribution in [0.4, 0.5) is 0 Å². The Morgan fingerprint density at radius 2 is 1.71 bits per heavy atom. The van der Waals surface area contributed by atoms with E-state index in [1.807, 2.05) is 18.2 Å². The summed E-state index contributed by atoms with van der Waals surface area (Å²) in [7, 11) is 0. The first-order chi connectivity index (χ1) is 14.8. The number of hydrogen-bond acceptors (Lipinski definition) is 6. The van der Waals surface area contributed by atoms with Crippen molar-refractivity contribution in [3.05, 3.63) is 93.8 Å². The summed E-state index contributed by atoms with van der Waals surface area (Å²) in [5, 5.41) is 39.8. The number of benzene rings is 2. The topological polar surface area (TPSA) is 107 Å². The Labute approximate surface area is 181 Å². The number of ketones is 1. The number of ether oxygens (including phenoxy) is 1. The first kappa shape index (κ1) is 22.9. The largest absolute Gasteiger partial charge is 0.507 e. The third kappa shape index (κ3) is 5.29. The summed E-state index contributed by atoms with van der Waals surface area (Å²) in [5.74, 6) is -0.0898. The highest BCUT2D eigenvalue weighted by molar-refractivity contribution is 5.99. The average molecular weight is 424 g/mol. The molecule has 0 aliphatic heterocycles. The molecule has 0 heterocycles. The van der Waals surface area contributed by atoms with Crippen LogP contribution >= 0.6 is 0 Å². The molecule has 6 nitrogen and oxygen atoms in total. The molecule has 4 N–H and O–H groups in total. The van der Waals surface area contributed by atoms with Gasteiger partial charge in [-0.25, -0.2) is 0 Å². The average Bonchev–Trinajstić information content (AvgIpc) is 2.79. The number of aliphatic hydroxyl groups excluding tert-OH is 3. The Morgan fingerprint density at radius 3 is 2.39 bits per heavy atom. The Kier molecular flexibility index (Phi) is 7.41. The third-order valence-electron chi connectivity index (χ3n) is 5.51. The van der Waals surface area contributed by atoms with Crippen LogP contribution in [0.3, 0.4) is 0 Å². The highest BCUT2D eigenvalue weighted by atomic mass is 16.5. The predicted molar refractivity (Wildman–Crippen MR) is 116 cm³/mol. The van der Waals surface area contributed by atoms with Gasteiger partial charge in [-0.05, 0) is 41.7 Å². The first-order valence-electron chi connectivity index (χ1n) is 10.3. The van der Waals surface area contributed by atoms with Crippen LogP contribution in [0.2, 0.25) is 0 Å². The molecule has 164 valence electrons. The molecule has 1 aliphatic rings. The number of carbonyl (C=O) groups is 1. The van der Waals surface area contributed by atoms with Crippen molar-refractivity contribution in [1.82, 2.24) is 0 Å². The normalized spacial score (nSPS) is 17.6. The minimum absolute atomic E-state index is 0.00164. The smallest absolute Gasteiger partial charge is 0.178 e. The molecule has 0 bridgehead atoms. The lowest BCUT2D eigenvalue weighted by Gasteiger charge is -2.24. The minimum atomic E-state index is -1.60. The molecule has 0 aromatic heterocycles. The molecule has 0 saturated carbocycles. The van der Waals surface area contributed by atoms with E-state index in [-0.39, 0.29) is 24.3 Å². The quantitative estimate of drug-likeness (QED) is 0.481. The molecule has 0 saturated heterocycles. The molecule has 2 aromatic rings. The van der Waals surface area contributed by atoms with E-state index >= 15 is 0 Å². The molecule has 0 spiro atoms. The van der Waals surface area contributed by atoms with Gasteiger partial charge in [-0.3, -0.25) is 4.79 Å². The van der Waals surface area contributed by atoms with E-state index in [0.29, 0.717) is 40.7 Å². The number of carbonyl (C=O) groups excluding carboxylic acids is 1. The molecule has 3 rings (SSSR count). The third-order valence-corrected chi connectivity index (χ3v) is 5.51. The van der Waals surface area contributed by atoms with Crippen molar-refractivity contribution in [2.45, 2.75) is 51.8 Å². The van der Waals surface area contributed by atoms with Crippen molar-refractivity contribution >= 4 is 5.78 Å². The summed E-state index contributed by atoms with van der Waals surface area (Å²) in [4.78, 5) is 11.9. The van der Waals surface area contributed by atoms with Crippen LogP contribution in [0.25, 0.3) is 0 Å². The van der Waals surface area contributed by atoms with Gasteiger partial charge in [0.05, 0.1) is 18.3 Å². The maximum absolute atomic E-state index is 11.9. The van der Waals surface area contributed by atoms with Gasteiger partial charge in [0.25, 0.3) is 0 Å². The summed E-state index contributed by atoms with van der Waals surface area (Å²) in [6.45, 7) is 3.80. The van der Waals surface area contributed by atoms with Crippen LogP contribution in [0.15, 0.2) is 71.5 Å². The van der Waals surface area contributed by atoms with E-state index in [1.165, 1.54) is 0 Å². The lowest BCUT2D eigenvalue weighted by molar-refractivity contribution is -0.115. The molecule has 1 aliphatic carbocycles. The Bertz CT molecular complexity index is 1000. The maximum atomic E-state index is 11.9. The Balaban J connectivity index is 1.70. The van der Waals surface area contributed by atoms with Crippen LogP contribution in [0.1, 0.15) is 61.3 Å². The van der Waals surface area contributed by atoms with Gasteiger partial charge < -0.3 is 25.2 Å². The van der Waals surface area contributed by atoms with Crippen molar-refractivity contribution in [3.8, 4) is 0 Å². The Morgan fingerprint density at radius 1 is 1.06 bits per heavy atom. The van der Waals surface area contributed by atoms with Gasteiger partial charge in [0, 0.05) is 12.0 Å². The maximum Gasteiger partial charge on any atom is 0.178 e. The monoisotopic (exact) mass is 424 g/mol. The van der Waals surface area contributed by atoms with Crippen molar-refractivity contribution in [3.63, 3.8) is 0 Å². The zero-order chi connectivity index (χ0) is 22.5. The first-order valence-corrected chi connectivity index (χ1v) is 10.3. The van der Waals surface area contributed by atoms with Crippen molar-refractivity contribution in [1.29, 1.82) is 0 Å². The van der Waals surface area contributed by atoms with E-state index in [1.54, 1.807) is 50.3 Å². The number of Topliss-reactive ketones (excluding diaryl/α,β-unsaturated/α-hetero) is 1. The van der Waals surface area contributed by atoms with Crippen LogP contribution in [-0.2, 0) is 16.1 Å². The molecule has 31 heavy (non-hydrogen) atoms. The molecule has 6 heteroatoms. The second kappa shape index (κ2) is 10.0. The zero-order valence-corrected chi connectivity index (χ0v) is 17.7. The highest BCUT2D eigenvalue weighted by Gasteiger charge is 2.25. The van der Waals surface area contributed by atoms with E-state index in [9.17, 15) is 25.2 Å². The van der Waals surface area contributed by atoms with Crippen LogP contribution in [0, 0.1) is 0 Å². The van der Waals surface area contributed by atoms with Crippen molar-refractivity contribution in [2.24, 2.45) is 0 Å². The molecule has 0 radical (unpaired) electrons. The van der Waals surface area contributed by atoms with Crippen molar-refractivity contribution < 1.29 is 30.0 Å². The van der Waals surface area contributed by atoms with Crippen LogP contribution < -0.4 is 0 Å². The van der Waals surface area contributed by atoms with Gasteiger partial charge in [-0.2, -0.15) is 0 Å². The summed E-state index contributed by atoms with van der Waals surface area (Å²) in [6.07, 6.45) is -0.284. The van der Waals surface area contributed by atoms with Gasteiger partial charge in [-0.1, -0.05) is 55.5 Å². The molecular weight excluding hydrogens is 396 g/mol. The molecule has 0 fully saturated rings. The number of rotatable bonds is 8. The van der Waals surface area contributed by atoms with Gasteiger partial charge in [0.2, 0.25) is 0 Å². The van der Waals surface area contributed by atoms with Crippen LogP contribution in [0.5, 0.6) is 0 Å². The zero-order valence-electron chi connectivity index (χ0n) is 17.7. The second-order valence-corrected chi connectivity index (χ2v) is 7.65. The minimum Gasteiger partial charge on any atom is -0.507 e. The number of allylic oxidation sites excluding steroid dienone is 1. The van der Waals surface area contributed by atoms with E-state index in [4.69, 9.17) is 4.74 Å². The fourth-order valence-electron chi connectivity index (χ4n) is 3.62. The number of aliphatic hydroxyl groups is 4. The summed E-state index contributed by atoms with van der Waals surface area (Å²) in [6, 6.07) is 13.8. The van der Waals surface area contributed by atoms with Gasteiger partial charge >= 0.3 is 0 Å². The van der Waals surface area contributed by atoms with Gasteiger partial charge in [-0.15, -0.1) is 0 Å². The summed E-state index contributed by atoms with van der Waals surface area (Å²) in [5.41, 5.74) is 3.36. The van der Waals surface area contributed by atoms with Crippen LogP contribution in [-0.4, -0.2) is 32.3 Å². The molecule has 0 amide bonds. The Hall–Kier alpha value is -2.77.